The van der Waals surface area contributed by atoms with Gasteiger partial charge in [0.25, 0.3) is 5.91 Å². The van der Waals surface area contributed by atoms with Crippen molar-refractivity contribution in [3.63, 3.8) is 0 Å². The number of hydrogen-bond donors (Lipinski definition) is 3. The fraction of sp³-hybridized carbons (Fsp3) is 0.286. The van der Waals surface area contributed by atoms with Crippen molar-refractivity contribution in [1.82, 2.24) is 10.2 Å². The first-order valence-electron chi connectivity index (χ1n) is 6.45. The number of nitrogens with two attached hydrogens (primary N) is 1. The number of esters is 1. The third kappa shape index (κ3) is 2.50. The highest BCUT2D eigenvalue weighted by molar-refractivity contribution is 6.09. The van der Waals surface area contributed by atoms with E-state index in [0.717, 1.165) is 4.90 Å². The quantitative estimate of drug-likeness (QED) is 0.310. The smallest absolute Gasteiger partial charge is 0.325 e. The van der Waals surface area contributed by atoms with Gasteiger partial charge in [-0.1, -0.05) is 24.3 Å². The first-order valence-corrected chi connectivity index (χ1v) is 6.45. The van der Waals surface area contributed by atoms with Crippen LogP contribution in [0.2, 0.25) is 0 Å². The zero-order chi connectivity index (χ0) is 16.5. The minimum absolute atomic E-state index is 0.0918. The molecule has 116 valence electrons. The number of imide groups is 1. The maximum atomic E-state index is 12.5. The minimum Gasteiger partial charge on any atom is -0.468 e. The molecule has 0 bridgehead atoms. The Hall–Kier alpha value is -2.90. The number of methoxy groups -OCH3 is 1. The van der Waals surface area contributed by atoms with Crippen molar-refractivity contribution >= 4 is 23.7 Å². The number of amidine groups is 1. The molecule has 0 spiro atoms. The fourth-order valence-electron chi connectivity index (χ4n) is 2.21. The molecule has 4 N–H and O–H groups in total. The summed E-state index contributed by atoms with van der Waals surface area (Å²) in [5.74, 6) is -1.32. The van der Waals surface area contributed by atoms with Gasteiger partial charge in [0, 0.05) is 5.56 Å². The molecular weight excluding hydrogens is 288 g/mol. The van der Waals surface area contributed by atoms with E-state index in [1.165, 1.54) is 7.11 Å². The molecule has 22 heavy (non-hydrogen) atoms. The van der Waals surface area contributed by atoms with Gasteiger partial charge in [-0.3, -0.25) is 19.9 Å². The van der Waals surface area contributed by atoms with Gasteiger partial charge in [0.15, 0.2) is 0 Å². The van der Waals surface area contributed by atoms with Crippen LogP contribution in [0.1, 0.15) is 18.1 Å². The van der Waals surface area contributed by atoms with E-state index < -0.39 is 30.0 Å². The van der Waals surface area contributed by atoms with E-state index in [4.69, 9.17) is 11.1 Å². The summed E-state index contributed by atoms with van der Waals surface area (Å²) in [5, 5.41) is 9.92. The zero-order valence-electron chi connectivity index (χ0n) is 12.2. The van der Waals surface area contributed by atoms with Gasteiger partial charge in [0.2, 0.25) is 0 Å². The summed E-state index contributed by atoms with van der Waals surface area (Å²) in [6.45, 7) is 1.11. The SMILES string of the molecule is COC(=O)CN1C(=O)NC(C)(c2ccc(C(=N)N)cc2)C1=O. The van der Waals surface area contributed by atoms with Crippen LogP contribution in [0, 0.1) is 5.41 Å². The van der Waals surface area contributed by atoms with E-state index in [-0.39, 0.29) is 5.84 Å². The van der Waals surface area contributed by atoms with Crippen LogP contribution in [-0.4, -0.2) is 42.3 Å². The van der Waals surface area contributed by atoms with Crippen molar-refractivity contribution in [2.75, 3.05) is 13.7 Å². The molecule has 1 heterocycles. The number of amides is 3. The van der Waals surface area contributed by atoms with Gasteiger partial charge in [0.1, 0.15) is 17.9 Å². The molecule has 1 aromatic carbocycles. The Morgan fingerprint density at radius 2 is 1.95 bits per heavy atom. The van der Waals surface area contributed by atoms with Gasteiger partial charge in [-0.25, -0.2) is 4.79 Å². The first kappa shape index (κ1) is 15.5. The average molecular weight is 304 g/mol. The van der Waals surface area contributed by atoms with E-state index in [9.17, 15) is 14.4 Å². The molecule has 1 atom stereocenters. The third-order valence-electron chi connectivity index (χ3n) is 3.56. The summed E-state index contributed by atoms with van der Waals surface area (Å²) in [6.07, 6.45) is 0. The molecule has 1 aromatic rings. The number of nitrogen functional groups attached to an aromatic ring is 1. The normalized spacial score (nSPS) is 20.7. The van der Waals surface area contributed by atoms with Crippen LogP contribution in [0.3, 0.4) is 0 Å². The van der Waals surface area contributed by atoms with Crippen molar-refractivity contribution in [1.29, 1.82) is 5.41 Å². The van der Waals surface area contributed by atoms with Gasteiger partial charge in [-0.2, -0.15) is 0 Å². The van der Waals surface area contributed by atoms with Gasteiger partial charge in [0.05, 0.1) is 7.11 Å². The Labute approximate surface area is 126 Å². The predicted octanol–water partition coefficient (Wildman–Crippen LogP) is -0.0893. The molecule has 0 aromatic heterocycles. The van der Waals surface area contributed by atoms with Crippen molar-refractivity contribution in [2.24, 2.45) is 5.73 Å². The van der Waals surface area contributed by atoms with E-state index >= 15 is 0 Å². The second kappa shape index (κ2) is 5.47. The van der Waals surface area contributed by atoms with Gasteiger partial charge >= 0.3 is 12.0 Å². The second-order valence-electron chi connectivity index (χ2n) is 5.01. The molecule has 1 aliphatic heterocycles. The number of benzene rings is 1. The van der Waals surface area contributed by atoms with E-state index in [1.54, 1.807) is 31.2 Å². The van der Waals surface area contributed by atoms with Crippen LogP contribution in [-0.2, 0) is 19.9 Å². The largest absolute Gasteiger partial charge is 0.468 e. The maximum absolute atomic E-state index is 12.5. The van der Waals surface area contributed by atoms with Crippen LogP contribution in [0.15, 0.2) is 24.3 Å². The lowest BCUT2D eigenvalue weighted by Gasteiger charge is -2.22. The maximum Gasteiger partial charge on any atom is 0.325 e. The summed E-state index contributed by atoms with van der Waals surface area (Å²) < 4.78 is 4.47. The van der Waals surface area contributed by atoms with Crippen LogP contribution in [0.5, 0.6) is 0 Å². The number of ether oxygens (including phenoxy) is 1. The van der Waals surface area contributed by atoms with Gasteiger partial charge in [-0.05, 0) is 12.5 Å². The molecule has 0 aliphatic carbocycles. The van der Waals surface area contributed by atoms with Crippen LogP contribution in [0.4, 0.5) is 4.79 Å². The Morgan fingerprint density at radius 1 is 1.36 bits per heavy atom. The molecule has 1 unspecified atom stereocenters. The number of carbonyl (C=O) groups is 3. The lowest BCUT2D eigenvalue weighted by molar-refractivity contribution is -0.145. The molecular formula is C14H16N4O4. The van der Waals surface area contributed by atoms with Crippen LogP contribution < -0.4 is 11.1 Å². The molecule has 0 saturated carbocycles. The highest BCUT2D eigenvalue weighted by Crippen LogP contribution is 2.28. The number of nitrogens with one attached hydrogen (secondary N) is 2. The molecule has 8 nitrogen and oxygen atoms in total. The van der Waals surface area contributed by atoms with E-state index in [1.807, 2.05) is 0 Å². The number of carbonyl (C=O) groups excluding carboxylic acids is 3. The van der Waals surface area contributed by atoms with Crippen LogP contribution in [0.25, 0.3) is 0 Å². The summed E-state index contributed by atoms with van der Waals surface area (Å²) in [5.41, 5.74) is 5.14. The molecule has 8 heteroatoms. The predicted molar refractivity (Wildman–Crippen MR) is 77.1 cm³/mol. The number of hydrogen-bond acceptors (Lipinski definition) is 5. The van der Waals surface area contributed by atoms with E-state index in [0.29, 0.717) is 11.1 Å². The average Bonchev–Trinajstić information content (AvgIpc) is 2.71. The zero-order valence-corrected chi connectivity index (χ0v) is 12.2. The van der Waals surface area contributed by atoms with Gasteiger partial charge in [-0.15, -0.1) is 0 Å². The molecule has 0 radical (unpaired) electrons. The van der Waals surface area contributed by atoms with Crippen molar-refractivity contribution in [3.05, 3.63) is 35.4 Å². The highest BCUT2D eigenvalue weighted by Gasteiger charge is 2.49. The van der Waals surface area contributed by atoms with Gasteiger partial charge < -0.3 is 15.8 Å². The van der Waals surface area contributed by atoms with Crippen molar-refractivity contribution in [3.8, 4) is 0 Å². The Morgan fingerprint density at radius 3 is 2.45 bits per heavy atom. The first-order chi connectivity index (χ1) is 10.3. The Balaban J connectivity index is 2.30. The highest BCUT2D eigenvalue weighted by atomic mass is 16.5. The Kier molecular flexibility index (Phi) is 3.85. The lowest BCUT2D eigenvalue weighted by atomic mass is 9.91. The standard InChI is InChI=1S/C14H16N4O4/c1-14(9-5-3-8(4-6-9)11(15)16)12(20)18(13(21)17-14)7-10(19)22-2/h3-6H,7H2,1-2H3,(H3,15,16)(H,17,21). The van der Waals surface area contributed by atoms with Crippen molar-refractivity contribution < 1.29 is 19.1 Å². The molecule has 3 amide bonds. The fourth-order valence-corrected chi connectivity index (χ4v) is 2.21. The topological polar surface area (TPSA) is 126 Å². The summed E-state index contributed by atoms with van der Waals surface area (Å²) >= 11 is 0. The molecule has 1 fully saturated rings. The monoisotopic (exact) mass is 304 g/mol. The lowest BCUT2D eigenvalue weighted by Crippen LogP contribution is -2.41. The number of nitrogens with zero attached hydrogens (tertiary/aromatic N) is 1. The minimum atomic E-state index is -1.28. The molecule has 1 saturated heterocycles. The van der Waals surface area contributed by atoms with E-state index in [2.05, 4.69) is 10.1 Å². The second-order valence-corrected chi connectivity index (χ2v) is 5.01. The summed E-state index contributed by atoms with van der Waals surface area (Å²) in [7, 11) is 1.18. The number of urea groups is 1. The molecule has 1 aliphatic rings. The van der Waals surface area contributed by atoms with Crippen molar-refractivity contribution in [2.45, 2.75) is 12.5 Å². The third-order valence-corrected chi connectivity index (χ3v) is 3.56. The summed E-state index contributed by atoms with van der Waals surface area (Å²) in [4.78, 5) is 36.5. The van der Waals surface area contributed by atoms with Crippen LogP contribution >= 0.6 is 0 Å². The summed E-state index contributed by atoms with van der Waals surface area (Å²) in [6, 6.07) is 5.73. The molecule has 2 rings (SSSR count). The number of rotatable bonds is 4. The Bertz CT molecular complexity index is 655.